The van der Waals surface area contributed by atoms with E-state index in [1.54, 1.807) is 23.1 Å². The molecule has 0 radical (unpaired) electrons. The van der Waals surface area contributed by atoms with Crippen molar-refractivity contribution in [3.63, 3.8) is 0 Å². The predicted molar refractivity (Wildman–Crippen MR) is 101 cm³/mol. The average Bonchev–Trinajstić information content (AvgIpc) is 2.51. The minimum absolute atomic E-state index is 0. The minimum Gasteiger partial charge on any atom is -0.335 e. The largest absolute Gasteiger partial charge is 0.335 e. The van der Waals surface area contributed by atoms with E-state index in [4.69, 9.17) is 0 Å². The second-order valence-corrected chi connectivity index (χ2v) is 7.29. The Hall–Kier alpha value is -0.560. The van der Waals surface area contributed by atoms with Crippen LogP contribution in [0.2, 0.25) is 0 Å². The van der Waals surface area contributed by atoms with Crippen LogP contribution < -0.4 is 5.32 Å². The quantitative estimate of drug-likeness (QED) is 0.709. The number of thioether (sulfide) groups is 1. The van der Waals surface area contributed by atoms with Gasteiger partial charge >= 0.3 is 0 Å². The van der Waals surface area contributed by atoms with Crippen molar-refractivity contribution in [2.75, 3.05) is 24.6 Å². The van der Waals surface area contributed by atoms with E-state index in [1.807, 2.05) is 11.8 Å². The summed E-state index contributed by atoms with van der Waals surface area (Å²) in [5.74, 6) is 1.76. The van der Waals surface area contributed by atoms with Crippen LogP contribution in [0.15, 0.2) is 35.3 Å². The summed E-state index contributed by atoms with van der Waals surface area (Å²) in [6.07, 6.45) is 2.12. The summed E-state index contributed by atoms with van der Waals surface area (Å²) < 4.78 is 14.7. The maximum absolute atomic E-state index is 13.9. The molecule has 1 saturated heterocycles. The van der Waals surface area contributed by atoms with Crippen molar-refractivity contribution in [3.05, 3.63) is 46.7 Å². The highest BCUT2D eigenvalue weighted by Crippen LogP contribution is 2.18. The third-order valence-electron chi connectivity index (χ3n) is 3.49. The summed E-state index contributed by atoms with van der Waals surface area (Å²) in [6, 6.07) is 4.98. The standard InChI is InChI=1S/C16H20BrFN2OS.ClH/c1-2-6-20(10-12-8-13(17)3-4-15(12)18)16(21)9-14-11-22-7-5-19-14;/h2-4,8,14,19H,1,5-7,9-11H2;1H. The molecule has 1 atom stereocenters. The van der Waals surface area contributed by atoms with Gasteiger partial charge in [0.25, 0.3) is 0 Å². The molecular weight excluding hydrogens is 403 g/mol. The Bertz CT molecular complexity index is 541. The topological polar surface area (TPSA) is 32.3 Å². The van der Waals surface area contributed by atoms with E-state index in [-0.39, 0.29) is 36.7 Å². The van der Waals surface area contributed by atoms with Gasteiger partial charge in [-0.1, -0.05) is 22.0 Å². The molecule has 1 heterocycles. The summed E-state index contributed by atoms with van der Waals surface area (Å²) in [4.78, 5) is 14.1. The number of amides is 1. The van der Waals surface area contributed by atoms with E-state index < -0.39 is 0 Å². The van der Waals surface area contributed by atoms with Crippen LogP contribution in [0.3, 0.4) is 0 Å². The Kier molecular flexibility index (Phi) is 9.20. The molecule has 2 rings (SSSR count). The van der Waals surface area contributed by atoms with Gasteiger partial charge in [0.15, 0.2) is 0 Å². The number of hydrogen-bond acceptors (Lipinski definition) is 3. The zero-order valence-corrected chi connectivity index (χ0v) is 16.0. The van der Waals surface area contributed by atoms with E-state index in [1.165, 1.54) is 6.07 Å². The lowest BCUT2D eigenvalue weighted by Crippen LogP contribution is -2.42. The molecule has 1 N–H and O–H groups in total. The minimum atomic E-state index is -0.295. The first kappa shape index (κ1) is 20.5. The van der Waals surface area contributed by atoms with Crippen molar-refractivity contribution in [3.8, 4) is 0 Å². The highest BCUT2D eigenvalue weighted by molar-refractivity contribution is 9.10. The lowest BCUT2D eigenvalue weighted by atomic mass is 10.1. The summed E-state index contributed by atoms with van der Waals surface area (Å²) >= 11 is 5.20. The third-order valence-corrected chi connectivity index (χ3v) is 5.11. The second-order valence-electron chi connectivity index (χ2n) is 5.23. The number of carbonyl (C=O) groups is 1. The zero-order valence-electron chi connectivity index (χ0n) is 12.8. The second kappa shape index (κ2) is 10.3. The Morgan fingerprint density at radius 3 is 3.00 bits per heavy atom. The van der Waals surface area contributed by atoms with Crippen LogP contribution in [0.25, 0.3) is 0 Å². The van der Waals surface area contributed by atoms with Crippen LogP contribution in [0.1, 0.15) is 12.0 Å². The van der Waals surface area contributed by atoms with Crippen molar-refractivity contribution in [2.45, 2.75) is 19.0 Å². The Morgan fingerprint density at radius 2 is 2.35 bits per heavy atom. The molecule has 0 bridgehead atoms. The molecule has 0 saturated carbocycles. The Labute approximate surface area is 155 Å². The van der Waals surface area contributed by atoms with Crippen molar-refractivity contribution in [2.24, 2.45) is 0 Å². The Balaban J connectivity index is 0.00000264. The number of rotatable bonds is 6. The molecule has 0 spiro atoms. The van der Waals surface area contributed by atoms with Crippen LogP contribution in [-0.2, 0) is 11.3 Å². The molecule has 1 unspecified atom stereocenters. The van der Waals surface area contributed by atoms with E-state index in [0.717, 1.165) is 22.5 Å². The van der Waals surface area contributed by atoms with E-state index >= 15 is 0 Å². The van der Waals surface area contributed by atoms with Gasteiger partial charge in [0, 0.05) is 53.6 Å². The van der Waals surface area contributed by atoms with Crippen molar-refractivity contribution in [1.29, 1.82) is 0 Å². The first-order chi connectivity index (χ1) is 10.6. The van der Waals surface area contributed by atoms with Gasteiger partial charge in [0.2, 0.25) is 5.91 Å². The van der Waals surface area contributed by atoms with Gasteiger partial charge in [0.05, 0.1) is 0 Å². The predicted octanol–water partition coefficient (Wildman–Crippen LogP) is 3.62. The molecule has 1 aliphatic heterocycles. The number of hydrogen-bond donors (Lipinski definition) is 1. The number of nitrogens with zero attached hydrogens (tertiary/aromatic N) is 1. The van der Waals surface area contributed by atoms with Gasteiger partial charge in [-0.3, -0.25) is 4.79 Å². The molecule has 0 aliphatic carbocycles. The highest BCUT2D eigenvalue weighted by atomic mass is 79.9. The molecule has 1 aliphatic rings. The maximum atomic E-state index is 13.9. The lowest BCUT2D eigenvalue weighted by Gasteiger charge is -2.27. The van der Waals surface area contributed by atoms with Gasteiger partial charge in [-0.2, -0.15) is 11.8 Å². The third kappa shape index (κ3) is 6.45. The summed E-state index contributed by atoms with van der Waals surface area (Å²) in [7, 11) is 0. The highest BCUT2D eigenvalue weighted by Gasteiger charge is 2.21. The molecule has 1 amide bonds. The molecule has 128 valence electrons. The summed E-state index contributed by atoms with van der Waals surface area (Å²) in [6.45, 7) is 5.31. The van der Waals surface area contributed by atoms with Gasteiger partial charge in [-0.15, -0.1) is 19.0 Å². The number of halogens is 3. The van der Waals surface area contributed by atoms with Crippen molar-refractivity contribution in [1.82, 2.24) is 10.2 Å². The van der Waals surface area contributed by atoms with Crippen molar-refractivity contribution >= 4 is 46.0 Å². The van der Waals surface area contributed by atoms with Crippen LogP contribution >= 0.6 is 40.1 Å². The van der Waals surface area contributed by atoms with Crippen molar-refractivity contribution < 1.29 is 9.18 Å². The Morgan fingerprint density at radius 1 is 1.57 bits per heavy atom. The first-order valence-electron chi connectivity index (χ1n) is 7.24. The zero-order chi connectivity index (χ0) is 15.9. The molecule has 7 heteroatoms. The lowest BCUT2D eigenvalue weighted by molar-refractivity contribution is -0.131. The maximum Gasteiger partial charge on any atom is 0.224 e. The van der Waals surface area contributed by atoms with Gasteiger partial charge in [-0.25, -0.2) is 4.39 Å². The SMILES string of the molecule is C=CCN(Cc1cc(Br)ccc1F)C(=O)CC1CSCCN1.Cl. The summed E-state index contributed by atoms with van der Waals surface area (Å²) in [5, 5.41) is 3.36. The van der Waals surface area contributed by atoms with E-state index in [9.17, 15) is 9.18 Å². The fourth-order valence-electron chi connectivity index (χ4n) is 2.37. The van der Waals surface area contributed by atoms with E-state index in [2.05, 4.69) is 27.8 Å². The molecule has 3 nitrogen and oxygen atoms in total. The van der Waals surface area contributed by atoms with Gasteiger partial charge < -0.3 is 10.2 Å². The molecule has 1 aromatic rings. The smallest absolute Gasteiger partial charge is 0.224 e. The van der Waals surface area contributed by atoms with E-state index in [0.29, 0.717) is 18.5 Å². The number of benzene rings is 1. The monoisotopic (exact) mass is 422 g/mol. The fraction of sp³-hybridized carbons (Fsp3) is 0.438. The first-order valence-corrected chi connectivity index (χ1v) is 9.18. The molecule has 1 aromatic carbocycles. The van der Waals surface area contributed by atoms with Gasteiger partial charge in [-0.05, 0) is 18.2 Å². The molecule has 23 heavy (non-hydrogen) atoms. The van der Waals surface area contributed by atoms with Crippen LogP contribution in [-0.4, -0.2) is 41.4 Å². The fourth-order valence-corrected chi connectivity index (χ4v) is 3.73. The van der Waals surface area contributed by atoms with Crippen LogP contribution in [0.4, 0.5) is 4.39 Å². The van der Waals surface area contributed by atoms with Crippen LogP contribution in [0.5, 0.6) is 0 Å². The summed E-state index contributed by atoms with van der Waals surface area (Å²) in [5.41, 5.74) is 0.510. The van der Waals surface area contributed by atoms with Gasteiger partial charge in [0.1, 0.15) is 5.82 Å². The van der Waals surface area contributed by atoms with Crippen LogP contribution in [0, 0.1) is 5.82 Å². The molecular formula is C16H21BrClFN2OS. The number of nitrogens with one attached hydrogen (secondary N) is 1. The molecule has 0 aromatic heterocycles. The normalized spacial score (nSPS) is 17.2. The molecule has 1 fully saturated rings. The average molecular weight is 424 g/mol. The number of carbonyl (C=O) groups excluding carboxylic acids is 1.